The van der Waals surface area contributed by atoms with Gasteiger partial charge in [-0.15, -0.1) is 0 Å². The van der Waals surface area contributed by atoms with Gasteiger partial charge in [0.15, 0.2) is 0 Å². The van der Waals surface area contributed by atoms with Crippen LogP contribution in [0.5, 0.6) is 0 Å². The van der Waals surface area contributed by atoms with Crippen molar-refractivity contribution < 1.29 is 4.39 Å². The molecule has 1 aromatic carbocycles. The molecule has 4 atom stereocenters. The summed E-state index contributed by atoms with van der Waals surface area (Å²) in [6.45, 7) is 5.54. The van der Waals surface area contributed by atoms with E-state index in [4.69, 9.17) is 5.73 Å². The van der Waals surface area contributed by atoms with Crippen LogP contribution in [-0.4, -0.2) is 24.5 Å². The maximum atomic E-state index is 12.9. The minimum absolute atomic E-state index is 0.0651. The lowest BCUT2D eigenvalue weighted by Crippen LogP contribution is -2.39. The summed E-state index contributed by atoms with van der Waals surface area (Å²) in [5.74, 6) is 1.48. The minimum atomic E-state index is -0.209. The first-order valence-electron chi connectivity index (χ1n) is 6.70. The number of rotatable bonds is 5. The minimum Gasteiger partial charge on any atom is -0.323 e. The fourth-order valence-corrected chi connectivity index (χ4v) is 2.43. The first-order chi connectivity index (χ1) is 8.49. The number of hydrogen-bond donors (Lipinski definition) is 1. The van der Waals surface area contributed by atoms with Crippen molar-refractivity contribution in [3.8, 4) is 0 Å². The molecule has 0 aliphatic heterocycles. The lowest BCUT2D eigenvalue weighted by molar-refractivity contribution is 0.215. The largest absolute Gasteiger partial charge is 0.323 e. The van der Waals surface area contributed by atoms with Crippen molar-refractivity contribution in [1.82, 2.24) is 4.90 Å². The Kier molecular flexibility index (Phi) is 4.03. The molecule has 0 heterocycles. The third kappa shape index (κ3) is 3.09. The Morgan fingerprint density at radius 2 is 1.94 bits per heavy atom. The van der Waals surface area contributed by atoms with E-state index in [0.29, 0.717) is 0 Å². The highest BCUT2D eigenvalue weighted by molar-refractivity contribution is 5.20. The van der Waals surface area contributed by atoms with Crippen LogP contribution in [0.3, 0.4) is 0 Å². The molecule has 0 aromatic heterocycles. The third-order valence-electron chi connectivity index (χ3n) is 4.27. The summed E-state index contributed by atoms with van der Waals surface area (Å²) < 4.78 is 12.9. The molecule has 2 rings (SSSR count). The molecule has 0 saturated heterocycles. The number of benzene rings is 1. The van der Waals surface area contributed by atoms with Crippen molar-refractivity contribution in [3.05, 3.63) is 35.6 Å². The van der Waals surface area contributed by atoms with Gasteiger partial charge in [-0.3, -0.25) is 0 Å². The molecule has 100 valence electrons. The summed E-state index contributed by atoms with van der Waals surface area (Å²) in [6.07, 6.45) is 1.34. The van der Waals surface area contributed by atoms with Crippen LogP contribution < -0.4 is 5.73 Å². The van der Waals surface area contributed by atoms with E-state index < -0.39 is 0 Å². The van der Waals surface area contributed by atoms with Crippen molar-refractivity contribution in [2.24, 2.45) is 17.6 Å². The van der Waals surface area contributed by atoms with Gasteiger partial charge in [-0.1, -0.05) is 19.1 Å². The molecule has 0 spiro atoms. The first-order valence-corrected chi connectivity index (χ1v) is 6.70. The molecule has 18 heavy (non-hydrogen) atoms. The molecule has 0 amide bonds. The average molecular weight is 250 g/mol. The monoisotopic (exact) mass is 250 g/mol. The first kappa shape index (κ1) is 13.5. The van der Waals surface area contributed by atoms with Crippen molar-refractivity contribution in [3.63, 3.8) is 0 Å². The van der Waals surface area contributed by atoms with Gasteiger partial charge >= 0.3 is 0 Å². The molecule has 0 bridgehead atoms. The summed E-state index contributed by atoms with van der Waals surface area (Å²) in [4.78, 5) is 2.32. The molecule has 1 aliphatic rings. The van der Waals surface area contributed by atoms with Gasteiger partial charge in [0.1, 0.15) is 5.82 Å². The highest BCUT2D eigenvalue weighted by atomic mass is 19.1. The molecule has 4 unspecified atom stereocenters. The van der Waals surface area contributed by atoms with Crippen molar-refractivity contribution in [1.29, 1.82) is 0 Å². The van der Waals surface area contributed by atoms with Crippen LogP contribution in [0, 0.1) is 17.7 Å². The molecule has 0 radical (unpaired) electrons. The molecule has 2 nitrogen and oxygen atoms in total. The highest BCUT2D eigenvalue weighted by Gasteiger charge is 2.34. The number of nitrogens with zero attached hydrogens (tertiary/aromatic N) is 1. The number of nitrogens with two attached hydrogens (primary N) is 1. The highest BCUT2D eigenvalue weighted by Crippen LogP contribution is 2.38. The second-order valence-corrected chi connectivity index (χ2v) is 5.73. The molecule has 3 heteroatoms. The molecule has 1 saturated carbocycles. The zero-order valence-corrected chi connectivity index (χ0v) is 11.4. The lowest BCUT2D eigenvalue weighted by Gasteiger charge is -2.30. The van der Waals surface area contributed by atoms with E-state index in [1.54, 1.807) is 12.1 Å². The van der Waals surface area contributed by atoms with Crippen molar-refractivity contribution in [2.75, 3.05) is 13.6 Å². The zero-order chi connectivity index (χ0) is 13.3. The zero-order valence-electron chi connectivity index (χ0n) is 11.4. The van der Waals surface area contributed by atoms with Crippen LogP contribution in [0.4, 0.5) is 4.39 Å². The summed E-state index contributed by atoms with van der Waals surface area (Å²) >= 11 is 0. The second kappa shape index (κ2) is 5.37. The lowest BCUT2D eigenvalue weighted by atomic mass is 10.0. The van der Waals surface area contributed by atoms with Gasteiger partial charge in [-0.25, -0.2) is 4.39 Å². The van der Waals surface area contributed by atoms with E-state index >= 15 is 0 Å². The van der Waals surface area contributed by atoms with E-state index in [0.717, 1.165) is 23.9 Å². The van der Waals surface area contributed by atoms with E-state index in [-0.39, 0.29) is 17.9 Å². The van der Waals surface area contributed by atoms with E-state index in [1.807, 2.05) is 0 Å². The van der Waals surface area contributed by atoms with Crippen molar-refractivity contribution in [2.45, 2.75) is 32.4 Å². The Labute approximate surface area is 109 Å². The average Bonchev–Trinajstić information content (AvgIpc) is 3.04. The Morgan fingerprint density at radius 3 is 2.44 bits per heavy atom. The van der Waals surface area contributed by atoms with Crippen LogP contribution in [0.1, 0.15) is 31.9 Å². The standard InChI is InChI=1S/C15H23FN2/c1-10-8-13(10)9-18(3)11(2)15(17)12-4-6-14(16)7-5-12/h4-7,10-11,13,15H,8-9,17H2,1-3H3. The normalized spacial score (nSPS) is 26.1. The van der Waals surface area contributed by atoms with Gasteiger partial charge < -0.3 is 10.6 Å². The number of likely N-dealkylation sites (N-methyl/N-ethyl adjacent to an activating group) is 1. The Balaban J connectivity index is 1.94. The molecule has 1 fully saturated rings. The van der Waals surface area contributed by atoms with Crippen LogP contribution >= 0.6 is 0 Å². The van der Waals surface area contributed by atoms with Gasteiger partial charge in [0.05, 0.1) is 0 Å². The van der Waals surface area contributed by atoms with Crippen LogP contribution in [0.15, 0.2) is 24.3 Å². The predicted octanol–water partition coefficient (Wildman–Crippen LogP) is 2.80. The van der Waals surface area contributed by atoms with Gasteiger partial charge in [0.2, 0.25) is 0 Å². The predicted molar refractivity (Wildman–Crippen MR) is 72.7 cm³/mol. The quantitative estimate of drug-likeness (QED) is 0.870. The maximum Gasteiger partial charge on any atom is 0.123 e. The third-order valence-corrected chi connectivity index (χ3v) is 4.27. The van der Waals surface area contributed by atoms with Gasteiger partial charge in [-0.2, -0.15) is 0 Å². The smallest absolute Gasteiger partial charge is 0.123 e. The van der Waals surface area contributed by atoms with Gasteiger partial charge in [0.25, 0.3) is 0 Å². The van der Waals surface area contributed by atoms with E-state index in [9.17, 15) is 4.39 Å². The van der Waals surface area contributed by atoms with Crippen LogP contribution in [0.2, 0.25) is 0 Å². The van der Waals surface area contributed by atoms with E-state index in [1.165, 1.54) is 18.6 Å². The maximum absolute atomic E-state index is 12.9. The number of halogens is 1. The molecule has 1 aliphatic carbocycles. The summed E-state index contributed by atoms with van der Waals surface area (Å²) in [7, 11) is 2.12. The second-order valence-electron chi connectivity index (χ2n) is 5.73. The summed E-state index contributed by atoms with van der Waals surface area (Å²) in [5, 5.41) is 0. The topological polar surface area (TPSA) is 29.3 Å². The van der Waals surface area contributed by atoms with Crippen LogP contribution in [0.25, 0.3) is 0 Å². The Morgan fingerprint density at radius 1 is 1.39 bits per heavy atom. The molecule has 2 N–H and O–H groups in total. The van der Waals surface area contributed by atoms with Gasteiger partial charge in [-0.05, 0) is 49.9 Å². The van der Waals surface area contributed by atoms with Gasteiger partial charge in [0, 0.05) is 18.6 Å². The van der Waals surface area contributed by atoms with Crippen LogP contribution in [-0.2, 0) is 0 Å². The summed E-state index contributed by atoms with van der Waals surface area (Å²) in [5.41, 5.74) is 7.26. The molecular weight excluding hydrogens is 227 g/mol. The molecule has 1 aromatic rings. The Hall–Kier alpha value is -0.930. The van der Waals surface area contributed by atoms with Crippen molar-refractivity contribution >= 4 is 0 Å². The fourth-order valence-electron chi connectivity index (χ4n) is 2.43. The SMILES string of the molecule is CC1CC1CN(C)C(C)C(N)c1ccc(F)cc1. The molecular formula is C15H23FN2. The Bertz CT molecular complexity index is 390. The summed E-state index contributed by atoms with van der Waals surface area (Å²) in [6, 6.07) is 6.72. The van der Waals surface area contributed by atoms with E-state index in [2.05, 4.69) is 25.8 Å². The fraction of sp³-hybridized carbons (Fsp3) is 0.600. The number of hydrogen-bond acceptors (Lipinski definition) is 2.